The lowest BCUT2D eigenvalue weighted by Crippen LogP contribution is -2.49. The molecule has 1 aliphatic carbocycles. The molecule has 2 aliphatic rings. The summed E-state index contributed by atoms with van der Waals surface area (Å²) in [4.78, 5) is 43.0. The monoisotopic (exact) mass is 548 g/mol. The molecule has 1 saturated carbocycles. The van der Waals surface area contributed by atoms with Crippen LogP contribution in [0.5, 0.6) is 0 Å². The zero-order valence-electron chi connectivity index (χ0n) is 22.3. The van der Waals surface area contributed by atoms with E-state index in [9.17, 15) is 27.6 Å². The average molecular weight is 549 g/mol. The van der Waals surface area contributed by atoms with Crippen molar-refractivity contribution in [1.29, 1.82) is 0 Å². The van der Waals surface area contributed by atoms with Crippen LogP contribution in [0.4, 0.5) is 19.0 Å². The topological polar surface area (TPSA) is 118 Å². The third-order valence-electron chi connectivity index (χ3n) is 7.65. The van der Waals surface area contributed by atoms with Gasteiger partial charge in [0.25, 0.3) is 5.91 Å². The van der Waals surface area contributed by atoms with E-state index in [1.54, 1.807) is 29.1 Å². The highest BCUT2D eigenvalue weighted by atomic mass is 19.4. The first kappa shape index (κ1) is 28.6. The van der Waals surface area contributed by atoms with Crippen molar-refractivity contribution in [1.82, 2.24) is 25.4 Å². The van der Waals surface area contributed by atoms with Crippen molar-refractivity contribution >= 4 is 23.5 Å². The molecule has 1 aliphatic heterocycles. The van der Waals surface area contributed by atoms with Crippen LogP contribution in [-0.2, 0) is 16.0 Å². The molecule has 1 saturated heterocycles. The fraction of sp³-hybridized carbons (Fsp3) is 0.593. The van der Waals surface area contributed by atoms with Crippen LogP contribution >= 0.6 is 0 Å². The van der Waals surface area contributed by atoms with E-state index in [1.165, 1.54) is 6.20 Å². The first-order chi connectivity index (χ1) is 18.4. The van der Waals surface area contributed by atoms with Crippen molar-refractivity contribution in [2.75, 3.05) is 5.32 Å². The highest BCUT2D eigenvalue weighted by molar-refractivity contribution is 6.00. The SMILES string of the molecule is CC1CCC([C@H](NC(=O)c2ccnn2C(C)C)C(=O)Nc2cc(C[C@H]3C[C@@H](C(F)(F)F)NC3=O)ccn2)CC1. The van der Waals surface area contributed by atoms with Gasteiger partial charge in [-0.15, -0.1) is 0 Å². The summed E-state index contributed by atoms with van der Waals surface area (Å²) >= 11 is 0. The highest BCUT2D eigenvalue weighted by Crippen LogP contribution is 2.32. The number of carbonyl (C=O) groups is 3. The minimum Gasteiger partial charge on any atom is -0.344 e. The van der Waals surface area contributed by atoms with Crippen molar-refractivity contribution in [2.24, 2.45) is 17.8 Å². The zero-order chi connectivity index (χ0) is 28.3. The van der Waals surface area contributed by atoms with Gasteiger partial charge in [0, 0.05) is 24.4 Å². The minimum atomic E-state index is -4.50. The van der Waals surface area contributed by atoms with Gasteiger partial charge in [0.1, 0.15) is 23.6 Å². The molecular weight excluding hydrogens is 513 g/mol. The Kier molecular flexibility index (Phi) is 8.60. The Morgan fingerprint density at radius 1 is 1.15 bits per heavy atom. The van der Waals surface area contributed by atoms with Gasteiger partial charge in [-0.3, -0.25) is 19.1 Å². The predicted octanol–water partition coefficient (Wildman–Crippen LogP) is 4.03. The van der Waals surface area contributed by atoms with Crippen molar-refractivity contribution in [3.63, 3.8) is 0 Å². The second kappa shape index (κ2) is 11.7. The van der Waals surface area contributed by atoms with Crippen molar-refractivity contribution < 1.29 is 27.6 Å². The minimum absolute atomic E-state index is 0.0381. The van der Waals surface area contributed by atoms with E-state index in [0.717, 1.165) is 25.7 Å². The van der Waals surface area contributed by atoms with E-state index in [4.69, 9.17) is 0 Å². The Morgan fingerprint density at radius 2 is 1.87 bits per heavy atom. The number of carbonyl (C=O) groups excluding carboxylic acids is 3. The van der Waals surface area contributed by atoms with Gasteiger partial charge >= 0.3 is 6.18 Å². The summed E-state index contributed by atoms with van der Waals surface area (Å²) < 4.78 is 40.7. The number of alkyl halides is 3. The Balaban J connectivity index is 1.47. The Morgan fingerprint density at radius 3 is 2.51 bits per heavy atom. The summed E-state index contributed by atoms with van der Waals surface area (Å²) in [5.74, 6) is -1.60. The number of nitrogens with zero attached hydrogens (tertiary/aromatic N) is 3. The molecule has 39 heavy (non-hydrogen) atoms. The van der Waals surface area contributed by atoms with Gasteiger partial charge in [0.15, 0.2) is 0 Å². The summed E-state index contributed by atoms with van der Waals surface area (Å²) in [6.45, 7) is 5.99. The number of nitrogens with one attached hydrogen (secondary N) is 3. The molecule has 0 radical (unpaired) electrons. The van der Waals surface area contributed by atoms with Crippen LogP contribution < -0.4 is 16.0 Å². The normalized spacial score (nSPS) is 24.3. The van der Waals surface area contributed by atoms with Crippen LogP contribution in [0.25, 0.3) is 0 Å². The first-order valence-corrected chi connectivity index (χ1v) is 13.4. The number of aromatic nitrogens is 3. The van der Waals surface area contributed by atoms with Crippen molar-refractivity contribution in [3.8, 4) is 0 Å². The molecule has 212 valence electrons. The summed E-state index contributed by atoms with van der Waals surface area (Å²) in [5.41, 5.74) is 0.940. The molecule has 9 nitrogen and oxygen atoms in total. The largest absolute Gasteiger partial charge is 0.408 e. The molecule has 0 aromatic carbocycles. The molecule has 2 aromatic rings. The molecule has 4 rings (SSSR count). The maximum absolute atomic E-state index is 13.5. The van der Waals surface area contributed by atoms with E-state index >= 15 is 0 Å². The molecule has 0 unspecified atom stereocenters. The predicted molar refractivity (Wildman–Crippen MR) is 138 cm³/mol. The Labute approximate surface area is 225 Å². The molecular formula is C27H35F3N6O3. The van der Waals surface area contributed by atoms with E-state index in [2.05, 4.69) is 27.6 Å². The van der Waals surface area contributed by atoms with Gasteiger partial charge in [-0.25, -0.2) is 4.98 Å². The van der Waals surface area contributed by atoms with Crippen molar-refractivity contribution in [2.45, 2.75) is 83.6 Å². The smallest absolute Gasteiger partial charge is 0.344 e. The molecule has 2 aromatic heterocycles. The molecule has 0 spiro atoms. The average Bonchev–Trinajstić information content (AvgIpc) is 3.51. The van der Waals surface area contributed by atoms with E-state index in [1.807, 2.05) is 19.2 Å². The first-order valence-electron chi connectivity index (χ1n) is 13.4. The summed E-state index contributed by atoms with van der Waals surface area (Å²) in [5, 5.41) is 11.9. The molecule has 0 bridgehead atoms. The van der Waals surface area contributed by atoms with Crippen LogP contribution in [0.15, 0.2) is 30.6 Å². The molecule has 3 heterocycles. The Bertz CT molecular complexity index is 1190. The maximum atomic E-state index is 13.5. The molecule has 2 fully saturated rings. The second-order valence-corrected chi connectivity index (χ2v) is 11.0. The third kappa shape index (κ3) is 6.96. The van der Waals surface area contributed by atoms with Crippen LogP contribution in [0.2, 0.25) is 0 Å². The third-order valence-corrected chi connectivity index (χ3v) is 7.65. The van der Waals surface area contributed by atoms with Crippen LogP contribution in [0, 0.1) is 17.8 Å². The summed E-state index contributed by atoms with van der Waals surface area (Å²) in [6, 6.07) is 2.08. The van der Waals surface area contributed by atoms with Crippen LogP contribution in [-0.4, -0.2) is 50.7 Å². The van der Waals surface area contributed by atoms with Gasteiger partial charge in [-0.05, 0) is 75.1 Å². The molecule has 3 atom stereocenters. The van der Waals surface area contributed by atoms with Crippen molar-refractivity contribution in [3.05, 3.63) is 41.9 Å². The molecule has 3 amide bonds. The fourth-order valence-corrected chi connectivity index (χ4v) is 5.43. The number of halogens is 3. The quantitative estimate of drug-likeness (QED) is 0.460. The highest BCUT2D eigenvalue weighted by Gasteiger charge is 2.47. The molecule has 12 heteroatoms. The zero-order valence-corrected chi connectivity index (χ0v) is 22.3. The van der Waals surface area contributed by atoms with Crippen LogP contribution in [0.1, 0.15) is 75.0 Å². The van der Waals surface area contributed by atoms with E-state index in [0.29, 0.717) is 17.2 Å². The number of hydrogen-bond acceptors (Lipinski definition) is 5. The van der Waals surface area contributed by atoms with Gasteiger partial charge < -0.3 is 16.0 Å². The second-order valence-electron chi connectivity index (χ2n) is 11.0. The number of hydrogen-bond donors (Lipinski definition) is 3. The van der Waals surface area contributed by atoms with Crippen LogP contribution in [0.3, 0.4) is 0 Å². The standard InChI is InChI=1S/C27H35F3N6O3/c1-15(2)36-20(9-11-32-36)25(38)35-23(18-6-4-16(3)5-7-18)26(39)34-22-13-17(8-10-31-22)12-19-14-21(27(28,29)30)33-24(19)37/h8-11,13,15-16,18-19,21,23H,4-7,12,14H2,1-3H3,(H,33,37)(H,35,38)(H,31,34,39)/t16?,18?,19-,21-,23-/m0/s1. The van der Waals surface area contributed by atoms with Gasteiger partial charge in [-0.2, -0.15) is 18.3 Å². The number of amides is 3. The lowest BCUT2D eigenvalue weighted by Gasteiger charge is -2.32. The maximum Gasteiger partial charge on any atom is 0.408 e. The number of pyridine rings is 1. The number of rotatable bonds is 8. The number of anilines is 1. The van der Waals surface area contributed by atoms with Gasteiger partial charge in [-0.1, -0.05) is 19.8 Å². The molecule has 3 N–H and O–H groups in total. The van der Waals surface area contributed by atoms with E-state index < -0.39 is 41.9 Å². The van der Waals surface area contributed by atoms with Gasteiger partial charge in [0.05, 0.1) is 0 Å². The van der Waals surface area contributed by atoms with E-state index in [-0.39, 0.29) is 30.6 Å². The fourth-order valence-electron chi connectivity index (χ4n) is 5.43. The lowest BCUT2D eigenvalue weighted by molar-refractivity contribution is -0.154. The lowest BCUT2D eigenvalue weighted by atomic mass is 9.79. The Hall–Kier alpha value is -3.44. The van der Waals surface area contributed by atoms with Gasteiger partial charge in [0.2, 0.25) is 11.8 Å². The summed E-state index contributed by atoms with van der Waals surface area (Å²) in [6.07, 6.45) is 1.71. The summed E-state index contributed by atoms with van der Waals surface area (Å²) in [7, 11) is 0.